The Morgan fingerprint density at radius 2 is 1.91 bits per heavy atom. The summed E-state index contributed by atoms with van der Waals surface area (Å²) in [4.78, 5) is 33.6. The molecule has 1 amide bonds. The number of carbonyl (C=O) groups is 1. The first-order valence-corrected chi connectivity index (χ1v) is 10.7. The molecule has 0 aliphatic carbocycles. The Kier molecular flexibility index (Phi) is 6.98. The van der Waals surface area contributed by atoms with Crippen molar-refractivity contribution in [2.75, 3.05) is 26.0 Å². The fraction of sp³-hybridized carbons (Fsp3) is 0.250. The van der Waals surface area contributed by atoms with Crippen molar-refractivity contribution in [2.45, 2.75) is 19.4 Å². The number of ether oxygens (including phenoxy) is 1. The van der Waals surface area contributed by atoms with E-state index in [2.05, 4.69) is 35.6 Å². The first-order valence-electron chi connectivity index (χ1n) is 10.7. The van der Waals surface area contributed by atoms with Crippen molar-refractivity contribution in [3.05, 3.63) is 72.0 Å². The highest BCUT2D eigenvalue weighted by Gasteiger charge is 2.19. The Hall–Kier alpha value is -4.05. The van der Waals surface area contributed by atoms with Crippen LogP contribution in [0.3, 0.4) is 0 Å². The molecular formula is C24H24FN7O2. The normalized spacial score (nSPS) is 11.9. The van der Waals surface area contributed by atoms with Crippen molar-refractivity contribution in [1.29, 1.82) is 0 Å². The SMILES string of the molecule is CNC(=O)c1c(F)cnc2c(C(C)CNc3cc(-c4cnc(COC)nc4)ncn3)cccc12. The lowest BCUT2D eigenvalue weighted by atomic mass is 9.96. The summed E-state index contributed by atoms with van der Waals surface area (Å²) >= 11 is 0. The third kappa shape index (κ3) is 4.81. The van der Waals surface area contributed by atoms with E-state index in [4.69, 9.17) is 4.74 Å². The number of hydrogen-bond acceptors (Lipinski definition) is 8. The zero-order chi connectivity index (χ0) is 24.1. The summed E-state index contributed by atoms with van der Waals surface area (Å²) in [6, 6.07) is 7.26. The van der Waals surface area contributed by atoms with Crippen LogP contribution in [0.15, 0.2) is 49.2 Å². The number of hydrogen-bond donors (Lipinski definition) is 2. The van der Waals surface area contributed by atoms with Gasteiger partial charge >= 0.3 is 0 Å². The Labute approximate surface area is 195 Å². The van der Waals surface area contributed by atoms with E-state index in [1.54, 1.807) is 31.6 Å². The van der Waals surface area contributed by atoms with Crippen molar-refractivity contribution in [3.63, 3.8) is 0 Å². The second-order valence-electron chi connectivity index (χ2n) is 7.70. The van der Waals surface area contributed by atoms with E-state index in [1.807, 2.05) is 19.1 Å². The van der Waals surface area contributed by atoms with Gasteiger partial charge in [-0.15, -0.1) is 0 Å². The Bertz CT molecular complexity index is 1310. The maximum atomic E-state index is 14.3. The summed E-state index contributed by atoms with van der Waals surface area (Å²) in [6.45, 7) is 2.90. The number of rotatable bonds is 8. The van der Waals surface area contributed by atoms with Gasteiger partial charge in [-0.05, 0) is 5.56 Å². The van der Waals surface area contributed by atoms with Gasteiger partial charge in [0.25, 0.3) is 5.91 Å². The monoisotopic (exact) mass is 461 g/mol. The van der Waals surface area contributed by atoms with Gasteiger partial charge in [0.15, 0.2) is 11.6 Å². The predicted molar refractivity (Wildman–Crippen MR) is 126 cm³/mol. The van der Waals surface area contributed by atoms with E-state index in [0.29, 0.717) is 41.4 Å². The smallest absolute Gasteiger partial charge is 0.254 e. The minimum Gasteiger partial charge on any atom is -0.377 e. The van der Waals surface area contributed by atoms with E-state index in [1.165, 1.54) is 13.4 Å². The van der Waals surface area contributed by atoms with Gasteiger partial charge in [0.2, 0.25) is 0 Å². The number of nitrogens with zero attached hydrogens (tertiary/aromatic N) is 5. The molecule has 4 aromatic rings. The molecule has 1 aromatic carbocycles. The molecule has 0 saturated heterocycles. The largest absolute Gasteiger partial charge is 0.377 e. The molecular weight excluding hydrogens is 437 g/mol. The Morgan fingerprint density at radius 1 is 1.12 bits per heavy atom. The van der Waals surface area contributed by atoms with Gasteiger partial charge in [0.05, 0.1) is 23.0 Å². The number of methoxy groups -OCH3 is 1. The minimum atomic E-state index is -0.650. The second-order valence-corrected chi connectivity index (χ2v) is 7.70. The van der Waals surface area contributed by atoms with Crippen molar-refractivity contribution in [3.8, 4) is 11.3 Å². The molecule has 0 aliphatic rings. The van der Waals surface area contributed by atoms with Gasteiger partial charge in [0, 0.05) is 56.0 Å². The van der Waals surface area contributed by atoms with Crippen LogP contribution in [-0.4, -0.2) is 51.5 Å². The summed E-state index contributed by atoms with van der Waals surface area (Å²) in [7, 11) is 3.06. The van der Waals surface area contributed by atoms with E-state index in [9.17, 15) is 9.18 Å². The summed E-state index contributed by atoms with van der Waals surface area (Å²) in [5.74, 6) is 0.0936. The van der Waals surface area contributed by atoms with Crippen LogP contribution in [0.1, 0.15) is 34.6 Å². The van der Waals surface area contributed by atoms with Crippen LogP contribution in [-0.2, 0) is 11.3 Å². The molecule has 0 aliphatic heterocycles. The van der Waals surface area contributed by atoms with Crippen LogP contribution in [0.5, 0.6) is 0 Å². The zero-order valence-electron chi connectivity index (χ0n) is 19.0. The molecule has 0 radical (unpaired) electrons. The van der Waals surface area contributed by atoms with Crippen molar-refractivity contribution < 1.29 is 13.9 Å². The third-order valence-corrected chi connectivity index (χ3v) is 5.40. The molecule has 1 atom stereocenters. The first-order chi connectivity index (χ1) is 16.5. The van der Waals surface area contributed by atoms with Gasteiger partial charge in [-0.2, -0.15) is 0 Å². The number of carbonyl (C=O) groups excluding carboxylic acids is 1. The van der Waals surface area contributed by atoms with Crippen LogP contribution in [0, 0.1) is 5.82 Å². The van der Waals surface area contributed by atoms with Crippen LogP contribution >= 0.6 is 0 Å². The minimum absolute atomic E-state index is 0.00530. The molecule has 0 saturated carbocycles. The number of aromatic nitrogens is 5. The standard InChI is InChI=1S/C24H24FN7O2/c1-14(16-5-4-6-17-22(24(33)26-2)18(25)11-30-23(16)17)8-27-20-7-19(31-13-32-20)15-9-28-21(12-34-3)29-10-15/h4-7,9-11,13-14H,8,12H2,1-3H3,(H,26,33)(H,27,31,32). The highest BCUT2D eigenvalue weighted by atomic mass is 19.1. The highest BCUT2D eigenvalue weighted by Crippen LogP contribution is 2.28. The van der Waals surface area contributed by atoms with E-state index in [0.717, 1.165) is 17.3 Å². The van der Waals surface area contributed by atoms with Gasteiger partial charge in [0.1, 0.15) is 18.8 Å². The number of para-hydroxylation sites is 1. The molecule has 9 nitrogen and oxygen atoms in total. The molecule has 0 spiro atoms. The quantitative estimate of drug-likeness (QED) is 0.411. The van der Waals surface area contributed by atoms with Crippen molar-refractivity contribution in [2.24, 2.45) is 0 Å². The highest BCUT2D eigenvalue weighted by molar-refractivity contribution is 6.06. The average Bonchev–Trinajstić information content (AvgIpc) is 2.87. The molecule has 0 fully saturated rings. The van der Waals surface area contributed by atoms with Gasteiger partial charge < -0.3 is 15.4 Å². The maximum Gasteiger partial charge on any atom is 0.254 e. The number of anilines is 1. The molecule has 3 aromatic heterocycles. The lowest BCUT2D eigenvalue weighted by Crippen LogP contribution is -2.20. The van der Waals surface area contributed by atoms with Gasteiger partial charge in [-0.25, -0.2) is 24.3 Å². The third-order valence-electron chi connectivity index (χ3n) is 5.40. The van der Waals surface area contributed by atoms with Crippen LogP contribution in [0.25, 0.3) is 22.2 Å². The number of pyridine rings is 1. The van der Waals surface area contributed by atoms with E-state index >= 15 is 0 Å². The van der Waals surface area contributed by atoms with Crippen molar-refractivity contribution in [1.82, 2.24) is 30.2 Å². The fourth-order valence-corrected chi connectivity index (χ4v) is 3.65. The number of halogens is 1. The summed E-state index contributed by atoms with van der Waals surface area (Å²) in [5, 5.41) is 6.28. The Balaban J connectivity index is 1.54. The van der Waals surface area contributed by atoms with E-state index in [-0.39, 0.29) is 11.5 Å². The number of benzene rings is 1. The summed E-state index contributed by atoms with van der Waals surface area (Å²) < 4.78 is 19.4. The number of amides is 1. The fourth-order valence-electron chi connectivity index (χ4n) is 3.65. The van der Waals surface area contributed by atoms with Crippen LogP contribution in [0.2, 0.25) is 0 Å². The maximum absolute atomic E-state index is 14.3. The molecule has 10 heteroatoms. The average molecular weight is 462 g/mol. The van der Waals surface area contributed by atoms with Gasteiger partial charge in [-0.3, -0.25) is 9.78 Å². The molecule has 4 rings (SSSR count). The molecule has 2 N–H and O–H groups in total. The summed E-state index contributed by atoms with van der Waals surface area (Å²) in [5.41, 5.74) is 2.93. The first kappa shape index (κ1) is 23.1. The number of nitrogens with one attached hydrogen (secondary N) is 2. The number of fused-ring (bicyclic) bond motifs is 1. The molecule has 1 unspecified atom stereocenters. The lowest BCUT2D eigenvalue weighted by molar-refractivity contribution is 0.0960. The van der Waals surface area contributed by atoms with Crippen molar-refractivity contribution >= 4 is 22.6 Å². The van der Waals surface area contributed by atoms with Gasteiger partial charge in [-0.1, -0.05) is 25.1 Å². The Morgan fingerprint density at radius 3 is 2.65 bits per heavy atom. The predicted octanol–water partition coefficient (Wildman–Crippen LogP) is 3.34. The zero-order valence-corrected chi connectivity index (χ0v) is 19.0. The van der Waals surface area contributed by atoms with Crippen LogP contribution < -0.4 is 10.6 Å². The topological polar surface area (TPSA) is 115 Å². The summed E-state index contributed by atoms with van der Waals surface area (Å²) in [6.07, 6.45) is 5.96. The second kappa shape index (κ2) is 10.3. The molecule has 34 heavy (non-hydrogen) atoms. The molecule has 174 valence electrons. The molecule has 0 bridgehead atoms. The van der Waals surface area contributed by atoms with Crippen LogP contribution in [0.4, 0.5) is 10.2 Å². The van der Waals surface area contributed by atoms with E-state index < -0.39 is 11.7 Å². The molecule has 3 heterocycles. The lowest BCUT2D eigenvalue weighted by Gasteiger charge is -2.17.